The molecule has 1 aromatic heterocycles. The highest BCUT2D eigenvalue weighted by Gasteiger charge is 2.56. The van der Waals surface area contributed by atoms with Crippen molar-refractivity contribution in [2.45, 2.75) is 28.0 Å². The maximum Gasteiger partial charge on any atom is 0.164 e. The fraction of sp³-hybridized carbons (Fsp3) is 0.0702. The molecular weight excluding hydrogens is 773 g/mol. The number of thioether (sulfide) groups is 1. The highest BCUT2D eigenvalue weighted by Crippen LogP contribution is 2.70. The van der Waals surface area contributed by atoms with Crippen molar-refractivity contribution >= 4 is 44.7 Å². The van der Waals surface area contributed by atoms with Gasteiger partial charge in [-0.25, -0.2) is 15.0 Å². The molecule has 0 saturated carbocycles. The Morgan fingerprint density at radius 2 is 1.05 bits per heavy atom. The first-order chi connectivity index (χ1) is 30.8. The van der Waals surface area contributed by atoms with Crippen molar-refractivity contribution in [3.63, 3.8) is 0 Å². The molecular formula is C57H36N4S. The minimum Gasteiger partial charge on any atom is -0.336 e. The summed E-state index contributed by atoms with van der Waals surface area (Å²) in [6.07, 6.45) is 0. The standard InChI is InChI=1S/C57H36N4S/c1-2-15-34(16-3-1)55-58-56(36-29-28-33-14-4-5-17-35(33)32-36)60-57(59-55)43-30-31-46(40-21-9-8-20-39(40)43)61-47-26-13-24-42-38-19-7-6-18-37(38)41-23-12-25-45-49(41)52(50(42)47)53(61)51-44-22-10-11-27-48(44)62-54(45)51/h1-32,51-54H. The molecule has 0 saturated heterocycles. The fourth-order valence-corrected chi connectivity index (χ4v) is 12.9. The quantitative estimate of drug-likeness (QED) is 0.177. The van der Waals surface area contributed by atoms with Crippen LogP contribution in [0.4, 0.5) is 11.4 Å². The summed E-state index contributed by atoms with van der Waals surface area (Å²) in [5.41, 5.74) is 16.7. The van der Waals surface area contributed by atoms with E-state index in [1.807, 2.05) is 18.2 Å². The second-order valence-corrected chi connectivity index (χ2v) is 18.1. The fourth-order valence-electron chi connectivity index (χ4n) is 11.4. The molecule has 4 atom stereocenters. The molecule has 0 N–H and O–H groups in total. The van der Waals surface area contributed by atoms with Crippen LogP contribution in [0.15, 0.2) is 199 Å². The first kappa shape index (κ1) is 34.4. The lowest BCUT2D eigenvalue weighted by molar-refractivity contribution is 0.468. The molecule has 14 rings (SSSR count). The summed E-state index contributed by atoms with van der Waals surface area (Å²) in [7, 11) is 0. The summed E-state index contributed by atoms with van der Waals surface area (Å²) in [5.74, 6) is 2.45. The van der Waals surface area contributed by atoms with Gasteiger partial charge in [-0.15, -0.1) is 11.8 Å². The third kappa shape index (κ3) is 4.83. The third-order valence-electron chi connectivity index (χ3n) is 13.9. The lowest BCUT2D eigenvalue weighted by Crippen LogP contribution is -2.41. The van der Waals surface area contributed by atoms with E-state index in [9.17, 15) is 0 Å². The van der Waals surface area contributed by atoms with Crippen molar-refractivity contribution < 1.29 is 0 Å². The van der Waals surface area contributed by atoms with Crippen LogP contribution in [0.5, 0.6) is 0 Å². The van der Waals surface area contributed by atoms with Gasteiger partial charge in [-0.05, 0) is 91.0 Å². The molecule has 4 nitrogen and oxygen atoms in total. The van der Waals surface area contributed by atoms with E-state index in [-0.39, 0.29) is 17.9 Å². The highest BCUT2D eigenvalue weighted by molar-refractivity contribution is 8.00. The van der Waals surface area contributed by atoms with Crippen LogP contribution < -0.4 is 4.90 Å². The number of benzene rings is 9. The zero-order valence-corrected chi connectivity index (χ0v) is 34.3. The average Bonchev–Trinajstić information content (AvgIpc) is 3.86. The van der Waals surface area contributed by atoms with E-state index < -0.39 is 0 Å². The summed E-state index contributed by atoms with van der Waals surface area (Å²) in [6.45, 7) is 0. The second kappa shape index (κ2) is 13.1. The molecule has 2 aliphatic heterocycles. The molecule has 62 heavy (non-hydrogen) atoms. The molecule has 3 heterocycles. The predicted molar refractivity (Wildman–Crippen MR) is 254 cm³/mol. The molecule has 4 aliphatic rings. The van der Waals surface area contributed by atoms with Gasteiger partial charge in [0.25, 0.3) is 0 Å². The van der Waals surface area contributed by atoms with E-state index in [4.69, 9.17) is 15.0 Å². The molecule has 0 amide bonds. The Labute approximate surface area is 363 Å². The molecule has 0 radical (unpaired) electrons. The van der Waals surface area contributed by atoms with E-state index in [0.717, 1.165) is 27.5 Å². The summed E-state index contributed by atoms with van der Waals surface area (Å²) in [5, 5.41) is 4.94. The van der Waals surface area contributed by atoms with Gasteiger partial charge < -0.3 is 4.90 Å². The van der Waals surface area contributed by atoms with Gasteiger partial charge in [0, 0.05) is 55.4 Å². The molecule has 290 valence electrons. The van der Waals surface area contributed by atoms with Crippen molar-refractivity contribution in [3.05, 3.63) is 216 Å². The van der Waals surface area contributed by atoms with Crippen LogP contribution in [0.2, 0.25) is 0 Å². The number of hydrogen-bond donors (Lipinski definition) is 0. The Hall–Kier alpha value is -7.34. The van der Waals surface area contributed by atoms with Crippen molar-refractivity contribution in [1.82, 2.24) is 15.0 Å². The molecule has 4 unspecified atom stereocenters. The van der Waals surface area contributed by atoms with Crippen molar-refractivity contribution in [2.24, 2.45) is 0 Å². The summed E-state index contributed by atoms with van der Waals surface area (Å²) in [6, 6.07) is 71.2. The number of aromatic nitrogens is 3. The Morgan fingerprint density at radius 3 is 1.90 bits per heavy atom. The zero-order chi connectivity index (χ0) is 40.5. The zero-order valence-electron chi connectivity index (χ0n) is 33.5. The second-order valence-electron chi connectivity index (χ2n) is 16.9. The van der Waals surface area contributed by atoms with E-state index in [1.165, 1.54) is 71.6 Å². The monoisotopic (exact) mass is 808 g/mol. The lowest BCUT2D eigenvalue weighted by Gasteiger charge is -2.43. The Kier molecular flexibility index (Phi) is 7.25. The van der Waals surface area contributed by atoms with Crippen molar-refractivity contribution in [1.29, 1.82) is 0 Å². The first-order valence-electron chi connectivity index (χ1n) is 21.5. The van der Waals surface area contributed by atoms with Gasteiger partial charge in [0.05, 0.1) is 6.04 Å². The van der Waals surface area contributed by atoms with Crippen molar-refractivity contribution in [2.75, 3.05) is 4.90 Å². The highest BCUT2D eigenvalue weighted by atomic mass is 32.2. The van der Waals surface area contributed by atoms with E-state index in [0.29, 0.717) is 22.7 Å². The largest absolute Gasteiger partial charge is 0.336 e. The molecule has 5 heteroatoms. The van der Waals surface area contributed by atoms with Crippen molar-refractivity contribution in [3.8, 4) is 56.4 Å². The molecule has 9 aromatic carbocycles. The number of anilines is 2. The predicted octanol–water partition coefficient (Wildman–Crippen LogP) is 14.4. The van der Waals surface area contributed by atoms with Crippen LogP contribution in [0.3, 0.4) is 0 Å². The summed E-state index contributed by atoms with van der Waals surface area (Å²) >= 11 is 2.06. The van der Waals surface area contributed by atoms with Gasteiger partial charge >= 0.3 is 0 Å². The Balaban J connectivity index is 1.01. The number of rotatable bonds is 4. The molecule has 2 aliphatic carbocycles. The molecule has 0 bridgehead atoms. The van der Waals surface area contributed by atoms with Crippen LogP contribution in [0.1, 0.15) is 39.3 Å². The van der Waals surface area contributed by atoms with Crippen LogP contribution in [0, 0.1) is 0 Å². The molecule has 0 fully saturated rings. The van der Waals surface area contributed by atoms with Crippen LogP contribution in [-0.2, 0) is 0 Å². The van der Waals surface area contributed by atoms with E-state index >= 15 is 0 Å². The van der Waals surface area contributed by atoms with Gasteiger partial charge in [-0.1, -0.05) is 164 Å². The average molecular weight is 809 g/mol. The van der Waals surface area contributed by atoms with Crippen LogP contribution in [0.25, 0.3) is 78.0 Å². The Bertz CT molecular complexity index is 3510. The maximum absolute atomic E-state index is 5.29. The minimum atomic E-state index is 0.158. The maximum atomic E-state index is 5.29. The van der Waals surface area contributed by atoms with Crippen LogP contribution in [-0.4, -0.2) is 21.0 Å². The normalized spacial score (nSPS) is 18.5. The van der Waals surface area contributed by atoms with Gasteiger partial charge in [0.15, 0.2) is 17.5 Å². The van der Waals surface area contributed by atoms with Crippen LogP contribution >= 0.6 is 11.8 Å². The topological polar surface area (TPSA) is 41.9 Å². The Morgan fingerprint density at radius 1 is 0.403 bits per heavy atom. The van der Waals surface area contributed by atoms with Gasteiger partial charge in [0.1, 0.15) is 0 Å². The SMILES string of the molecule is c1ccc(-c2nc(-c3ccc4ccccc4c3)nc(-c3ccc(N4c5cccc6c5C5c7c(cccc7C7Sc8ccccc8C7C54)-c4ccccc4-6)c4ccccc34)n2)cc1. The van der Waals surface area contributed by atoms with E-state index in [1.54, 1.807) is 0 Å². The number of hydrogen-bond acceptors (Lipinski definition) is 5. The number of fused-ring (bicyclic) bond motifs is 10. The first-order valence-corrected chi connectivity index (χ1v) is 22.4. The third-order valence-corrected chi connectivity index (χ3v) is 15.3. The van der Waals surface area contributed by atoms with Gasteiger partial charge in [0.2, 0.25) is 0 Å². The van der Waals surface area contributed by atoms with Gasteiger partial charge in [-0.3, -0.25) is 0 Å². The van der Waals surface area contributed by atoms with E-state index in [2.05, 4.69) is 193 Å². The molecule has 10 aromatic rings. The number of nitrogens with zero attached hydrogens (tertiary/aromatic N) is 4. The summed E-state index contributed by atoms with van der Waals surface area (Å²) < 4.78 is 0. The minimum absolute atomic E-state index is 0.158. The van der Waals surface area contributed by atoms with Gasteiger partial charge in [-0.2, -0.15) is 0 Å². The smallest absolute Gasteiger partial charge is 0.164 e. The molecule has 0 spiro atoms. The lowest BCUT2D eigenvalue weighted by atomic mass is 9.68. The summed E-state index contributed by atoms with van der Waals surface area (Å²) in [4.78, 5) is 19.8.